The number of phosphoric ester groups is 1. The van der Waals surface area contributed by atoms with Gasteiger partial charge in [-0.1, -0.05) is 314 Å². The van der Waals surface area contributed by atoms with Gasteiger partial charge in [0.1, 0.15) is 13.2 Å². The van der Waals surface area contributed by atoms with Crippen LogP contribution in [0.5, 0.6) is 0 Å². The van der Waals surface area contributed by atoms with Gasteiger partial charge >= 0.3 is 0 Å². The number of amides is 1. The van der Waals surface area contributed by atoms with Crippen molar-refractivity contribution in [3.05, 3.63) is 36.5 Å². The first kappa shape index (κ1) is 74.7. The Labute approximate surface area is 474 Å². The van der Waals surface area contributed by atoms with Gasteiger partial charge in [0.05, 0.1) is 39.9 Å². The van der Waals surface area contributed by atoms with Crippen LogP contribution < -0.4 is 10.2 Å². The summed E-state index contributed by atoms with van der Waals surface area (Å²) in [6.45, 7) is 4.70. The molecule has 0 aromatic rings. The van der Waals surface area contributed by atoms with E-state index < -0.39 is 20.0 Å². The molecule has 0 heterocycles. The molecule has 0 fully saturated rings. The SMILES string of the molecule is CCCCCCCCCCC/C=C\C/C=C\CCCCCCCCCCCCCCCC(=O)NC(COP(=O)([O-])OCC[N+](C)(C)C)C(O)/C=C/CCCCCCCCCCCCCCCCCCCCCCCCC. The summed E-state index contributed by atoms with van der Waals surface area (Å²) in [5.41, 5.74) is 0. The zero-order chi connectivity index (χ0) is 55.6. The highest BCUT2D eigenvalue weighted by molar-refractivity contribution is 7.45. The van der Waals surface area contributed by atoms with E-state index in [0.717, 1.165) is 44.9 Å². The summed E-state index contributed by atoms with van der Waals surface area (Å²) in [5.74, 6) is -0.193. The van der Waals surface area contributed by atoms with Crippen LogP contribution in [0.4, 0.5) is 0 Å². The lowest BCUT2D eigenvalue weighted by Crippen LogP contribution is -2.45. The number of rotatable bonds is 62. The van der Waals surface area contributed by atoms with Gasteiger partial charge in [-0.2, -0.15) is 0 Å². The molecule has 0 aliphatic heterocycles. The monoisotopic (exact) mass is 1090 g/mol. The number of carbonyl (C=O) groups excluding carboxylic acids is 1. The largest absolute Gasteiger partial charge is 0.756 e. The molecule has 0 rings (SSSR count). The predicted octanol–water partition coefficient (Wildman–Crippen LogP) is 20.3. The molecule has 0 aliphatic carbocycles. The van der Waals surface area contributed by atoms with Crippen molar-refractivity contribution in [2.45, 2.75) is 347 Å². The number of hydrogen-bond donors (Lipinski definition) is 2. The van der Waals surface area contributed by atoms with Crippen molar-refractivity contribution in [2.24, 2.45) is 0 Å². The molecule has 0 saturated carbocycles. The number of unbranched alkanes of at least 4 members (excludes halogenated alkanes) is 45. The molecule has 450 valence electrons. The minimum absolute atomic E-state index is 0.0000229. The molecule has 0 aliphatic rings. The smallest absolute Gasteiger partial charge is 0.268 e. The second kappa shape index (κ2) is 58.4. The van der Waals surface area contributed by atoms with Crippen LogP contribution in [0.15, 0.2) is 36.5 Å². The Morgan fingerprint density at radius 3 is 1.09 bits per heavy atom. The zero-order valence-electron chi connectivity index (χ0n) is 51.5. The van der Waals surface area contributed by atoms with Crippen LogP contribution in [-0.4, -0.2) is 68.5 Å². The highest BCUT2D eigenvalue weighted by Gasteiger charge is 2.23. The molecule has 2 N–H and O–H groups in total. The molecule has 0 spiro atoms. The van der Waals surface area contributed by atoms with Crippen molar-refractivity contribution in [2.75, 3.05) is 40.9 Å². The Balaban J connectivity index is 4.10. The number of phosphoric acid groups is 1. The van der Waals surface area contributed by atoms with Gasteiger partial charge < -0.3 is 28.8 Å². The summed E-state index contributed by atoms with van der Waals surface area (Å²) < 4.78 is 23.4. The summed E-state index contributed by atoms with van der Waals surface area (Å²) in [4.78, 5) is 25.6. The van der Waals surface area contributed by atoms with Crippen LogP contribution in [0.3, 0.4) is 0 Å². The molecule has 0 saturated heterocycles. The highest BCUT2D eigenvalue weighted by atomic mass is 31.2. The Hall–Kier alpha value is -1.28. The van der Waals surface area contributed by atoms with Crippen LogP contribution in [-0.2, 0) is 18.4 Å². The van der Waals surface area contributed by atoms with Crippen molar-refractivity contribution < 1.29 is 32.9 Å². The molecule has 3 atom stereocenters. The fourth-order valence-electron chi connectivity index (χ4n) is 10.1. The van der Waals surface area contributed by atoms with Gasteiger partial charge in [-0.3, -0.25) is 9.36 Å². The maximum atomic E-state index is 13.0. The maximum absolute atomic E-state index is 13.0. The molecule has 1 amide bonds. The van der Waals surface area contributed by atoms with Crippen LogP contribution in [0.25, 0.3) is 0 Å². The lowest BCUT2D eigenvalue weighted by Gasteiger charge is -2.29. The number of quaternary nitrogens is 1. The molecule has 0 aromatic carbocycles. The lowest BCUT2D eigenvalue weighted by atomic mass is 10.0. The van der Waals surface area contributed by atoms with Gasteiger partial charge in [0.25, 0.3) is 7.82 Å². The van der Waals surface area contributed by atoms with E-state index in [0.29, 0.717) is 17.4 Å². The van der Waals surface area contributed by atoms with Gasteiger partial charge in [0, 0.05) is 6.42 Å². The molecule has 0 aromatic heterocycles. The summed E-state index contributed by atoms with van der Waals surface area (Å²) >= 11 is 0. The van der Waals surface area contributed by atoms with Crippen molar-refractivity contribution in [3.63, 3.8) is 0 Å². The Morgan fingerprint density at radius 1 is 0.461 bits per heavy atom. The molecule has 76 heavy (non-hydrogen) atoms. The zero-order valence-corrected chi connectivity index (χ0v) is 52.4. The Bertz CT molecular complexity index is 1330. The summed E-state index contributed by atoms with van der Waals surface area (Å²) in [5, 5.41) is 14.0. The average Bonchev–Trinajstić information content (AvgIpc) is 3.38. The van der Waals surface area contributed by atoms with Crippen LogP contribution in [0, 0.1) is 0 Å². The van der Waals surface area contributed by atoms with E-state index in [1.807, 2.05) is 27.2 Å². The maximum Gasteiger partial charge on any atom is 0.268 e. The molecular formula is C67H131N2O6P. The second-order valence-electron chi connectivity index (χ2n) is 24.2. The minimum atomic E-state index is -4.60. The van der Waals surface area contributed by atoms with E-state index >= 15 is 0 Å². The summed E-state index contributed by atoms with van der Waals surface area (Å²) in [7, 11) is 1.27. The molecule has 8 nitrogen and oxygen atoms in total. The fourth-order valence-corrected chi connectivity index (χ4v) is 10.9. The summed E-state index contributed by atoms with van der Waals surface area (Å²) in [6, 6.07) is -0.888. The number of hydrogen-bond acceptors (Lipinski definition) is 6. The lowest BCUT2D eigenvalue weighted by molar-refractivity contribution is -0.870. The molecular weight excluding hydrogens is 960 g/mol. The number of carbonyl (C=O) groups is 1. The van der Waals surface area contributed by atoms with Crippen molar-refractivity contribution in [1.82, 2.24) is 5.32 Å². The van der Waals surface area contributed by atoms with E-state index in [-0.39, 0.29) is 19.1 Å². The van der Waals surface area contributed by atoms with E-state index in [1.165, 1.54) is 270 Å². The standard InChI is InChI=1S/C67H131N2O6P/c1-6-8-10-12-14-16-18-20-22-24-26-28-30-32-33-34-35-37-39-41-43-45-47-49-51-53-55-57-59-61-67(71)68-65(64-75-76(72,73)74-63-62-69(3,4)5)66(70)60-58-56-54-52-50-48-46-44-42-40-38-36-31-29-27-25-23-21-19-17-15-13-11-9-7-2/h26,28,32-33,58,60,65-66,70H,6-25,27,29-31,34-57,59,61-64H2,1-5H3,(H-,68,71,72,73)/b28-26-,33-32-,60-58+. The first-order valence-corrected chi connectivity index (χ1v) is 34.8. The minimum Gasteiger partial charge on any atom is -0.756 e. The number of nitrogens with one attached hydrogen (secondary N) is 1. The number of nitrogens with zero attached hydrogens (tertiary/aromatic N) is 1. The summed E-state index contributed by atoms with van der Waals surface area (Å²) in [6.07, 6.45) is 76.8. The van der Waals surface area contributed by atoms with E-state index in [9.17, 15) is 19.4 Å². The van der Waals surface area contributed by atoms with E-state index in [2.05, 4.69) is 43.5 Å². The van der Waals surface area contributed by atoms with Crippen LogP contribution >= 0.6 is 7.82 Å². The van der Waals surface area contributed by atoms with Crippen molar-refractivity contribution in [3.8, 4) is 0 Å². The molecule has 9 heteroatoms. The van der Waals surface area contributed by atoms with E-state index in [1.54, 1.807) is 6.08 Å². The van der Waals surface area contributed by atoms with Gasteiger partial charge in [-0.05, 0) is 51.4 Å². The van der Waals surface area contributed by atoms with Crippen LogP contribution in [0.1, 0.15) is 335 Å². The Kier molecular flexibility index (Phi) is 57.4. The van der Waals surface area contributed by atoms with Crippen molar-refractivity contribution >= 4 is 13.7 Å². The van der Waals surface area contributed by atoms with Crippen LogP contribution in [0.2, 0.25) is 0 Å². The first-order valence-electron chi connectivity index (χ1n) is 33.4. The van der Waals surface area contributed by atoms with Gasteiger partial charge in [-0.25, -0.2) is 0 Å². The number of allylic oxidation sites excluding steroid dienone is 5. The predicted molar refractivity (Wildman–Crippen MR) is 330 cm³/mol. The van der Waals surface area contributed by atoms with Gasteiger partial charge in [0.2, 0.25) is 5.91 Å². The topological polar surface area (TPSA) is 108 Å². The first-order chi connectivity index (χ1) is 37.0. The highest BCUT2D eigenvalue weighted by Crippen LogP contribution is 2.38. The number of aliphatic hydroxyl groups is 1. The average molecular weight is 1090 g/mol. The molecule has 0 radical (unpaired) electrons. The van der Waals surface area contributed by atoms with Gasteiger partial charge in [-0.15, -0.1) is 0 Å². The van der Waals surface area contributed by atoms with Gasteiger partial charge in [0.15, 0.2) is 0 Å². The third-order valence-corrected chi connectivity index (χ3v) is 16.3. The van der Waals surface area contributed by atoms with E-state index in [4.69, 9.17) is 9.05 Å². The second-order valence-corrected chi connectivity index (χ2v) is 25.6. The third kappa shape index (κ3) is 60.4. The normalized spacial score (nSPS) is 13.9. The Morgan fingerprint density at radius 2 is 0.763 bits per heavy atom. The fraction of sp³-hybridized carbons (Fsp3) is 0.896. The number of likely N-dealkylation sites (N-methyl/N-ethyl adjacent to an activating group) is 1. The quantitative estimate of drug-likeness (QED) is 0.0272. The molecule has 3 unspecified atom stereocenters. The molecule has 0 bridgehead atoms. The van der Waals surface area contributed by atoms with Crippen molar-refractivity contribution in [1.29, 1.82) is 0 Å². The third-order valence-electron chi connectivity index (χ3n) is 15.3. The number of aliphatic hydroxyl groups excluding tert-OH is 1.